The molecule has 0 aromatic carbocycles. The van der Waals surface area contributed by atoms with Crippen molar-refractivity contribution in [1.29, 1.82) is 0 Å². The molecule has 2 rings (SSSR count). The Kier molecular flexibility index (Phi) is 2.93. The lowest BCUT2D eigenvalue weighted by Gasteiger charge is -1.93. The van der Waals surface area contributed by atoms with Crippen molar-refractivity contribution in [2.45, 2.75) is 0 Å². The largest absolute Gasteiger partial charge is 0.250 e. The third kappa shape index (κ3) is 2.59. The fourth-order valence-corrected chi connectivity index (χ4v) is 2.29. The lowest BCUT2D eigenvalue weighted by atomic mass is 10.3. The molecule has 0 aliphatic rings. The molecule has 0 aliphatic carbocycles. The number of thiophene rings is 1. The van der Waals surface area contributed by atoms with Gasteiger partial charge in [0.1, 0.15) is 0 Å². The van der Waals surface area contributed by atoms with Crippen LogP contribution in [0, 0.1) is 0 Å². The lowest BCUT2D eigenvalue weighted by Crippen LogP contribution is -2.10. The smallest absolute Gasteiger partial charge is 0.205 e. The minimum absolute atomic E-state index is 0.624. The number of aromatic nitrogens is 2. The van der Waals surface area contributed by atoms with Crippen LogP contribution in [0.2, 0.25) is 0 Å². The first-order chi connectivity index (χ1) is 7.55. The molecule has 16 heavy (non-hydrogen) atoms. The van der Waals surface area contributed by atoms with Gasteiger partial charge in [-0.2, -0.15) is 9.19 Å². The summed E-state index contributed by atoms with van der Waals surface area (Å²) in [6, 6.07) is 5.60. The summed E-state index contributed by atoms with van der Waals surface area (Å²) in [5.41, 5.74) is 0.624. The van der Waals surface area contributed by atoms with Gasteiger partial charge in [-0.1, -0.05) is 6.07 Å². The summed E-state index contributed by atoms with van der Waals surface area (Å²) in [6.45, 7) is 0. The molecule has 0 N–H and O–H groups in total. The molecule has 0 aliphatic heterocycles. The SMILES string of the molecule is CS(=O)(=O)n1ccc(/C=C/c2cccs2)n1. The van der Waals surface area contributed by atoms with Crippen molar-refractivity contribution in [3.05, 3.63) is 40.3 Å². The molecule has 0 saturated carbocycles. The Morgan fingerprint density at radius 1 is 1.38 bits per heavy atom. The molecular weight excluding hydrogens is 244 g/mol. The van der Waals surface area contributed by atoms with E-state index in [0.717, 1.165) is 15.2 Å². The van der Waals surface area contributed by atoms with Gasteiger partial charge in [-0.15, -0.1) is 11.3 Å². The van der Waals surface area contributed by atoms with E-state index < -0.39 is 10.0 Å². The second kappa shape index (κ2) is 4.23. The Morgan fingerprint density at radius 3 is 2.75 bits per heavy atom. The van der Waals surface area contributed by atoms with E-state index in [1.807, 2.05) is 23.6 Å². The molecule has 0 radical (unpaired) electrons. The van der Waals surface area contributed by atoms with E-state index >= 15 is 0 Å². The van der Waals surface area contributed by atoms with Crippen molar-refractivity contribution in [3.8, 4) is 0 Å². The highest BCUT2D eigenvalue weighted by molar-refractivity contribution is 7.89. The van der Waals surface area contributed by atoms with Crippen molar-refractivity contribution in [1.82, 2.24) is 9.19 Å². The Balaban J connectivity index is 2.21. The van der Waals surface area contributed by atoms with Crippen molar-refractivity contribution in [2.75, 3.05) is 6.26 Å². The molecule has 0 bridgehead atoms. The molecule has 0 saturated heterocycles. The van der Waals surface area contributed by atoms with Gasteiger partial charge in [0.05, 0.1) is 11.9 Å². The van der Waals surface area contributed by atoms with Gasteiger partial charge in [0.15, 0.2) is 0 Å². The summed E-state index contributed by atoms with van der Waals surface area (Å²) in [5, 5.41) is 5.91. The molecule has 2 aromatic heterocycles. The van der Waals surface area contributed by atoms with Crippen LogP contribution in [0.25, 0.3) is 12.2 Å². The summed E-state index contributed by atoms with van der Waals surface area (Å²) >= 11 is 1.61. The van der Waals surface area contributed by atoms with Crippen LogP contribution in [0.1, 0.15) is 10.6 Å². The Morgan fingerprint density at radius 2 is 2.19 bits per heavy atom. The van der Waals surface area contributed by atoms with Gasteiger partial charge < -0.3 is 0 Å². The van der Waals surface area contributed by atoms with E-state index in [0.29, 0.717) is 5.69 Å². The van der Waals surface area contributed by atoms with Crippen LogP contribution < -0.4 is 0 Å². The molecule has 2 heterocycles. The van der Waals surface area contributed by atoms with Crippen LogP contribution in [-0.4, -0.2) is 23.9 Å². The van der Waals surface area contributed by atoms with Crippen LogP contribution >= 0.6 is 11.3 Å². The van der Waals surface area contributed by atoms with Gasteiger partial charge in [-0.05, 0) is 29.7 Å². The van der Waals surface area contributed by atoms with E-state index in [1.54, 1.807) is 23.5 Å². The topological polar surface area (TPSA) is 52.0 Å². The predicted molar refractivity (Wildman–Crippen MR) is 65.7 cm³/mol. The van der Waals surface area contributed by atoms with Crippen LogP contribution in [0.4, 0.5) is 0 Å². The monoisotopic (exact) mass is 254 g/mol. The average molecular weight is 254 g/mol. The van der Waals surface area contributed by atoms with E-state index in [4.69, 9.17) is 0 Å². The molecule has 0 unspecified atom stereocenters. The van der Waals surface area contributed by atoms with Gasteiger partial charge in [0.25, 0.3) is 10.0 Å². The van der Waals surface area contributed by atoms with Crippen LogP contribution in [0.5, 0.6) is 0 Å². The van der Waals surface area contributed by atoms with Gasteiger partial charge in [0.2, 0.25) is 0 Å². The average Bonchev–Trinajstić information content (AvgIpc) is 2.85. The Bertz CT molecular complexity index is 595. The maximum atomic E-state index is 11.2. The van der Waals surface area contributed by atoms with Crippen LogP contribution in [-0.2, 0) is 10.0 Å². The number of hydrogen-bond donors (Lipinski definition) is 0. The first-order valence-electron chi connectivity index (χ1n) is 4.53. The van der Waals surface area contributed by atoms with Crippen molar-refractivity contribution in [3.63, 3.8) is 0 Å². The normalized spacial score (nSPS) is 12.3. The quantitative estimate of drug-likeness (QED) is 0.841. The zero-order valence-corrected chi connectivity index (χ0v) is 10.2. The third-order valence-corrected chi connectivity index (χ3v) is 3.61. The van der Waals surface area contributed by atoms with Crippen LogP contribution in [0.15, 0.2) is 29.8 Å². The molecular formula is C10H10N2O2S2. The maximum Gasteiger partial charge on any atom is 0.250 e. The van der Waals surface area contributed by atoms with E-state index in [1.165, 1.54) is 6.20 Å². The van der Waals surface area contributed by atoms with Crippen LogP contribution in [0.3, 0.4) is 0 Å². The summed E-state index contributed by atoms with van der Waals surface area (Å²) in [6.07, 6.45) is 6.24. The molecule has 0 atom stereocenters. The lowest BCUT2D eigenvalue weighted by molar-refractivity contribution is 0.586. The van der Waals surface area contributed by atoms with Gasteiger partial charge in [0, 0.05) is 11.1 Å². The molecule has 0 amide bonds. The van der Waals surface area contributed by atoms with Crippen molar-refractivity contribution < 1.29 is 8.42 Å². The minimum Gasteiger partial charge on any atom is -0.205 e. The van der Waals surface area contributed by atoms with Gasteiger partial charge in [-0.25, -0.2) is 8.42 Å². The second-order valence-corrected chi connectivity index (χ2v) is 6.04. The highest BCUT2D eigenvalue weighted by Crippen LogP contribution is 2.12. The van der Waals surface area contributed by atoms with E-state index in [-0.39, 0.29) is 0 Å². The molecule has 0 fully saturated rings. The third-order valence-electron chi connectivity index (χ3n) is 1.89. The molecule has 2 aromatic rings. The van der Waals surface area contributed by atoms with Gasteiger partial charge >= 0.3 is 0 Å². The first-order valence-corrected chi connectivity index (χ1v) is 7.26. The predicted octanol–water partition coefficient (Wildman–Crippen LogP) is 1.92. The number of hydrogen-bond acceptors (Lipinski definition) is 4. The number of rotatable bonds is 3. The fraction of sp³-hybridized carbons (Fsp3) is 0.100. The Hall–Kier alpha value is -1.40. The highest BCUT2D eigenvalue weighted by Gasteiger charge is 2.05. The standard InChI is InChI=1S/C10H10N2O2S2/c1-16(13,14)12-7-6-9(11-12)4-5-10-3-2-8-15-10/h2-8H,1H3/b5-4+. The molecule has 84 valence electrons. The highest BCUT2D eigenvalue weighted by atomic mass is 32.2. The zero-order chi connectivity index (χ0) is 11.6. The first kappa shape index (κ1) is 11.1. The zero-order valence-electron chi connectivity index (χ0n) is 8.57. The second-order valence-electron chi connectivity index (χ2n) is 3.22. The maximum absolute atomic E-state index is 11.2. The van der Waals surface area contributed by atoms with Gasteiger partial charge in [-0.3, -0.25) is 0 Å². The molecule has 6 heteroatoms. The van der Waals surface area contributed by atoms with E-state index in [2.05, 4.69) is 5.10 Å². The minimum atomic E-state index is -3.28. The van der Waals surface area contributed by atoms with E-state index in [9.17, 15) is 8.42 Å². The fourth-order valence-electron chi connectivity index (χ4n) is 1.15. The van der Waals surface area contributed by atoms with Crippen molar-refractivity contribution in [2.24, 2.45) is 0 Å². The van der Waals surface area contributed by atoms with Crippen molar-refractivity contribution >= 4 is 33.5 Å². The molecule has 4 nitrogen and oxygen atoms in total. The summed E-state index contributed by atoms with van der Waals surface area (Å²) in [7, 11) is -3.28. The summed E-state index contributed by atoms with van der Waals surface area (Å²) in [4.78, 5) is 1.11. The summed E-state index contributed by atoms with van der Waals surface area (Å²) < 4.78 is 23.3. The number of nitrogens with zero attached hydrogens (tertiary/aromatic N) is 2. The Labute approximate surface area is 97.9 Å². The summed E-state index contributed by atoms with van der Waals surface area (Å²) in [5.74, 6) is 0. The molecule has 0 spiro atoms.